The van der Waals surface area contributed by atoms with E-state index in [0.29, 0.717) is 23.9 Å². The topological polar surface area (TPSA) is 123 Å². The predicted octanol–water partition coefficient (Wildman–Crippen LogP) is 3.29. The summed E-state index contributed by atoms with van der Waals surface area (Å²) in [5.41, 5.74) is 7.19. The lowest BCUT2D eigenvalue weighted by atomic mass is 10.0. The van der Waals surface area contributed by atoms with Crippen LogP contribution in [0.5, 0.6) is 5.75 Å². The van der Waals surface area contributed by atoms with E-state index in [1.165, 1.54) is 11.3 Å². The van der Waals surface area contributed by atoms with Crippen molar-refractivity contribution in [2.24, 2.45) is 11.7 Å². The maximum atomic E-state index is 12.9. The molecule has 2 atom stereocenters. The van der Waals surface area contributed by atoms with Gasteiger partial charge in [-0.1, -0.05) is 49.4 Å². The van der Waals surface area contributed by atoms with E-state index < -0.39 is 17.9 Å². The first-order chi connectivity index (χ1) is 16.4. The normalized spacial score (nSPS) is 12.4. The Bertz CT molecular complexity index is 1070. The molecule has 1 aromatic heterocycles. The molecule has 0 fully saturated rings. The number of aromatic nitrogens is 1. The molecule has 0 aliphatic heterocycles. The average molecular weight is 481 g/mol. The van der Waals surface area contributed by atoms with Gasteiger partial charge < -0.3 is 21.1 Å². The molecule has 2 aromatic carbocycles. The van der Waals surface area contributed by atoms with Crippen LogP contribution >= 0.6 is 11.3 Å². The van der Waals surface area contributed by atoms with E-state index in [1.54, 1.807) is 18.5 Å². The number of benzene rings is 2. The van der Waals surface area contributed by atoms with Gasteiger partial charge in [0.05, 0.1) is 0 Å². The van der Waals surface area contributed by atoms with Crippen LogP contribution in [0, 0.1) is 5.92 Å². The summed E-state index contributed by atoms with van der Waals surface area (Å²) in [6, 6.07) is 16.5. The van der Waals surface area contributed by atoms with Crippen molar-refractivity contribution in [2.45, 2.75) is 38.8 Å². The number of rotatable bonds is 12. The molecule has 0 aliphatic rings. The number of amides is 3. The Morgan fingerprint density at radius 3 is 2.44 bits per heavy atom. The number of ether oxygens (including phenoxy) is 1. The van der Waals surface area contributed by atoms with E-state index in [-0.39, 0.29) is 24.7 Å². The number of nitrogens with zero attached hydrogens (tertiary/aromatic N) is 1. The first kappa shape index (κ1) is 24.9. The predicted molar refractivity (Wildman–Crippen MR) is 131 cm³/mol. The number of carbonyl (C=O) groups excluding carboxylic acids is 3. The molecule has 178 valence electrons. The number of thiazole rings is 1. The first-order valence-corrected chi connectivity index (χ1v) is 11.8. The zero-order chi connectivity index (χ0) is 24.3. The Hall–Kier alpha value is -3.72. The van der Waals surface area contributed by atoms with Gasteiger partial charge in [0.2, 0.25) is 17.7 Å². The third-order valence-corrected chi connectivity index (χ3v) is 5.90. The minimum absolute atomic E-state index is 0.0946. The van der Waals surface area contributed by atoms with Crippen LogP contribution in [0.25, 0.3) is 0 Å². The Morgan fingerprint density at radius 1 is 1.06 bits per heavy atom. The summed E-state index contributed by atoms with van der Waals surface area (Å²) < 4.78 is 5.81. The average Bonchev–Trinajstić information content (AvgIpc) is 3.35. The Labute approximate surface area is 202 Å². The highest BCUT2D eigenvalue weighted by Gasteiger charge is 2.23. The van der Waals surface area contributed by atoms with Crippen LogP contribution in [-0.4, -0.2) is 28.7 Å². The lowest BCUT2D eigenvalue weighted by Gasteiger charge is -2.18. The van der Waals surface area contributed by atoms with Crippen molar-refractivity contribution in [3.8, 4) is 5.75 Å². The third-order valence-electron chi connectivity index (χ3n) is 5.22. The van der Waals surface area contributed by atoms with Gasteiger partial charge in [0, 0.05) is 30.3 Å². The summed E-state index contributed by atoms with van der Waals surface area (Å²) in [5.74, 6) is -0.857. The molecule has 34 heavy (non-hydrogen) atoms. The quantitative estimate of drug-likeness (QED) is 0.367. The fourth-order valence-electron chi connectivity index (χ4n) is 3.14. The van der Waals surface area contributed by atoms with Crippen molar-refractivity contribution in [2.75, 3.05) is 5.32 Å². The molecule has 1 heterocycles. The van der Waals surface area contributed by atoms with E-state index in [0.717, 1.165) is 11.1 Å². The number of anilines is 1. The van der Waals surface area contributed by atoms with Crippen molar-refractivity contribution < 1.29 is 19.1 Å². The molecule has 2 unspecified atom stereocenters. The van der Waals surface area contributed by atoms with Crippen LogP contribution in [0.1, 0.15) is 30.9 Å². The highest BCUT2D eigenvalue weighted by molar-refractivity contribution is 7.13. The van der Waals surface area contributed by atoms with Crippen LogP contribution in [0.3, 0.4) is 0 Å². The van der Waals surface area contributed by atoms with Crippen molar-refractivity contribution in [3.63, 3.8) is 0 Å². The molecule has 0 bridgehead atoms. The number of hydrogen-bond donors (Lipinski definition) is 3. The van der Waals surface area contributed by atoms with Gasteiger partial charge in [-0.05, 0) is 29.7 Å². The van der Waals surface area contributed by atoms with Crippen LogP contribution in [-0.2, 0) is 27.4 Å². The summed E-state index contributed by atoms with van der Waals surface area (Å²) in [6.45, 7) is 2.13. The molecule has 3 aromatic rings. The molecular weight excluding hydrogens is 452 g/mol. The van der Waals surface area contributed by atoms with Crippen molar-refractivity contribution in [3.05, 3.63) is 77.3 Å². The molecule has 3 amide bonds. The highest BCUT2D eigenvalue weighted by atomic mass is 32.1. The summed E-state index contributed by atoms with van der Waals surface area (Å²) in [4.78, 5) is 40.6. The maximum Gasteiger partial charge on any atom is 0.249 e. The van der Waals surface area contributed by atoms with Gasteiger partial charge in [-0.3, -0.25) is 14.4 Å². The van der Waals surface area contributed by atoms with E-state index in [2.05, 4.69) is 15.6 Å². The molecule has 0 aliphatic carbocycles. The summed E-state index contributed by atoms with van der Waals surface area (Å²) in [5, 5.41) is 7.72. The first-order valence-electron chi connectivity index (χ1n) is 11.0. The number of nitrogens with one attached hydrogen (secondary N) is 2. The van der Waals surface area contributed by atoms with E-state index in [1.807, 2.05) is 54.6 Å². The molecular formula is C25H28N4O4S. The van der Waals surface area contributed by atoms with Gasteiger partial charge in [-0.2, -0.15) is 0 Å². The molecule has 0 saturated carbocycles. The second kappa shape index (κ2) is 12.5. The van der Waals surface area contributed by atoms with Gasteiger partial charge >= 0.3 is 0 Å². The fraction of sp³-hybridized carbons (Fsp3) is 0.280. The van der Waals surface area contributed by atoms with Crippen LogP contribution < -0.4 is 21.1 Å². The number of carbonyl (C=O) groups is 3. The monoisotopic (exact) mass is 480 g/mol. The van der Waals surface area contributed by atoms with Gasteiger partial charge in [0.25, 0.3) is 0 Å². The van der Waals surface area contributed by atoms with Gasteiger partial charge in [-0.25, -0.2) is 4.98 Å². The van der Waals surface area contributed by atoms with Crippen molar-refractivity contribution in [1.29, 1.82) is 0 Å². The second-order valence-electron chi connectivity index (χ2n) is 7.91. The standard InChI is InChI=1S/C25H28N4O4S/c1-17(23(26)31)7-12-22(30)28-21(24(32)29-25-27-13-14-34-25)15-18-8-10-20(11-9-18)33-16-19-5-3-2-4-6-19/h2-6,8-11,13-14,17,21H,7,12,15-16H2,1H3,(H2,26,31)(H,28,30)(H,27,29,32). The molecule has 4 N–H and O–H groups in total. The van der Waals surface area contributed by atoms with Crippen LogP contribution in [0.2, 0.25) is 0 Å². The van der Waals surface area contributed by atoms with Gasteiger partial charge in [0.15, 0.2) is 5.13 Å². The number of nitrogens with two attached hydrogens (primary N) is 1. The zero-order valence-electron chi connectivity index (χ0n) is 18.9. The van der Waals surface area contributed by atoms with E-state index in [9.17, 15) is 14.4 Å². The molecule has 9 heteroatoms. The minimum Gasteiger partial charge on any atom is -0.489 e. The second-order valence-corrected chi connectivity index (χ2v) is 8.81. The zero-order valence-corrected chi connectivity index (χ0v) is 19.7. The minimum atomic E-state index is -0.809. The van der Waals surface area contributed by atoms with E-state index >= 15 is 0 Å². The molecule has 0 radical (unpaired) electrons. The van der Waals surface area contributed by atoms with Crippen LogP contribution in [0.15, 0.2) is 66.2 Å². The number of hydrogen-bond acceptors (Lipinski definition) is 6. The van der Waals surface area contributed by atoms with Gasteiger partial charge in [0.1, 0.15) is 18.4 Å². The summed E-state index contributed by atoms with van der Waals surface area (Å²) in [6.07, 6.45) is 2.29. The van der Waals surface area contributed by atoms with E-state index in [4.69, 9.17) is 10.5 Å². The Morgan fingerprint density at radius 2 is 1.79 bits per heavy atom. The Balaban J connectivity index is 1.61. The molecule has 8 nitrogen and oxygen atoms in total. The maximum absolute atomic E-state index is 12.9. The lowest BCUT2D eigenvalue weighted by Crippen LogP contribution is -2.45. The SMILES string of the molecule is CC(CCC(=O)NC(Cc1ccc(OCc2ccccc2)cc1)C(=O)Nc1nccs1)C(N)=O. The largest absolute Gasteiger partial charge is 0.489 e. The van der Waals surface area contributed by atoms with Crippen molar-refractivity contribution >= 4 is 34.2 Å². The molecule has 3 rings (SSSR count). The Kier molecular flexibility index (Phi) is 9.16. The molecule has 0 saturated heterocycles. The highest BCUT2D eigenvalue weighted by Crippen LogP contribution is 2.17. The number of primary amides is 1. The summed E-state index contributed by atoms with van der Waals surface area (Å²) in [7, 11) is 0. The smallest absolute Gasteiger partial charge is 0.249 e. The summed E-state index contributed by atoms with van der Waals surface area (Å²) >= 11 is 1.29. The third kappa shape index (κ3) is 8.00. The van der Waals surface area contributed by atoms with Crippen molar-refractivity contribution in [1.82, 2.24) is 10.3 Å². The lowest BCUT2D eigenvalue weighted by molar-refractivity contribution is -0.127. The molecule has 0 spiro atoms. The fourth-order valence-corrected chi connectivity index (χ4v) is 3.67. The van der Waals surface area contributed by atoms with Gasteiger partial charge in [-0.15, -0.1) is 11.3 Å². The van der Waals surface area contributed by atoms with Crippen LogP contribution in [0.4, 0.5) is 5.13 Å².